The van der Waals surface area contributed by atoms with Gasteiger partial charge in [-0.25, -0.2) is 12.8 Å². The predicted octanol–water partition coefficient (Wildman–Crippen LogP) is 2.53. The Kier molecular flexibility index (Phi) is 4.34. The van der Waals surface area contributed by atoms with Gasteiger partial charge in [-0.2, -0.15) is 4.31 Å². The van der Waals surface area contributed by atoms with E-state index in [0.29, 0.717) is 30.3 Å². The van der Waals surface area contributed by atoms with Crippen LogP contribution < -0.4 is 5.73 Å². The summed E-state index contributed by atoms with van der Waals surface area (Å²) in [5.41, 5.74) is 6.57. The molecule has 1 aromatic rings. The van der Waals surface area contributed by atoms with Crippen LogP contribution in [0.2, 0.25) is 0 Å². The highest BCUT2D eigenvalue weighted by Crippen LogP contribution is 2.27. The van der Waals surface area contributed by atoms with E-state index in [4.69, 9.17) is 5.73 Å². The molecule has 0 radical (unpaired) electrons. The molecule has 20 heavy (non-hydrogen) atoms. The second-order valence-electron chi connectivity index (χ2n) is 5.58. The van der Waals surface area contributed by atoms with E-state index in [1.165, 1.54) is 16.4 Å². The van der Waals surface area contributed by atoms with Crippen molar-refractivity contribution in [2.45, 2.75) is 38.0 Å². The normalized spacial score (nSPS) is 21.6. The Balaban J connectivity index is 2.37. The highest BCUT2D eigenvalue weighted by Gasteiger charge is 2.29. The first-order valence-corrected chi connectivity index (χ1v) is 8.32. The number of aryl methyl sites for hydroxylation is 1. The Morgan fingerprint density at radius 2 is 2.00 bits per heavy atom. The number of hydrogen-bond donors (Lipinski definition) is 1. The fraction of sp³-hybridized carbons (Fsp3) is 0.571. The van der Waals surface area contributed by atoms with E-state index in [1.807, 2.05) is 0 Å². The second kappa shape index (κ2) is 5.69. The van der Waals surface area contributed by atoms with Gasteiger partial charge in [0.2, 0.25) is 10.0 Å². The van der Waals surface area contributed by atoms with Gasteiger partial charge in [-0.3, -0.25) is 0 Å². The first kappa shape index (κ1) is 15.3. The second-order valence-corrected chi connectivity index (χ2v) is 7.49. The van der Waals surface area contributed by atoms with Crippen LogP contribution in [0.15, 0.2) is 17.0 Å². The van der Waals surface area contributed by atoms with E-state index < -0.39 is 15.8 Å². The molecule has 0 aliphatic carbocycles. The van der Waals surface area contributed by atoms with Gasteiger partial charge >= 0.3 is 0 Å². The molecule has 1 atom stereocenters. The van der Waals surface area contributed by atoms with E-state index in [2.05, 4.69) is 6.92 Å². The van der Waals surface area contributed by atoms with Crippen molar-refractivity contribution >= 4 is 15.7 Å². The van der Waals surface area contributed by atoms with Crippen LogP contribution in [-0.4, -0.2) is 25.8 Å². The largest absolute Gasteiger partial charge is 0.398 e. The molecule has 112 valence electrons. The number of nitrogens with zero attached hydrogens (tertiary/aromatic N) is 1. The molecule has 1 aliphatic rings. The molecule has 1 saturated heterocycles. The summed E-state index contributed by atoms with van der Waals surface area (Å²) in [6, 6.07) is 2.41. The lowest BCUT2D eigenvalue weighted by Crippen LogP contribution is -2.32. The van der Waals surface area contributed by atoms with Crippen LogP contribution in [0.5, 0.6) is 0 Å². The molecule has 0 bridgehead atoms. The maximum atomic E-state index is 14.0. The average molecular weight is 300 g/mol. The van der Waals surface area contributed by atoms with Crippen molar-refractivity contribution in [2.75, 3.05) is 18.8 Å². The Labute approximate surface area is 119 Å². The van der Waals surface area contributed by atoms with Crippen LogP contribution in [0, 0.1) is 18.7 Å². The summed E-state index contributed by atoms with van der Waals surface area (Å²) in [5.74, 6) is -0.225. The maximum Gasteiger partial charge on any atom is 0.246 e. The molecule has 4 nitrogen and oxygen atoms in total. The highest BCUT2D eigenvalue weighted by atomic mass is 32.2. The van der Waals surface area contributed by atoms with Crippen LogP contribution in [0.25, 0.3) is 0 Å². The fourth-order valence-electron chi connectivity index (χ4n) is 2.48. The summed E-state index contributed by atoms with van der Waals surface area (Å²) in [7, 11) is -3.80. The van der Waals surface area contributed by atoms with Crippen molar-refractivity contribution in [3.63, 3.8) is 0 Å². The minimum Gasteiger partial charge on any atom is -0.398 e. The number of hydrogen-bond acceptors (Lipinski definition) is 3. The molecule has 1 fully saturated rings. The zero-order valence-corrected chi connectivity index (χ0v) is 12.7. The van der Waals surface area contributed by atoms with Gasteiger partial charge in [0.05, 0.1) is 0 Å². The van der Waals surface area contributed by atoms with E-state index in [0.717, 1.165) is 19.3 Å². The van der Waals surface area contributed by atoms with E-state index >= 15 is 0 Å². The van der Waals surface area contributed by atoms with Gasteiger partial charge in [-0.05, 0) is 49.8 Å². The summed E-state index contributed by atoms with van der Waals surface area (Å²) in [6.07, 6.45) is 2.62. The lowest BCUT2D eigenvalue weighted by atomic mass is 10.0. The molecular weight excluding hydrogens is 279 g/mol. The Morgan fingerprint density at radius 1 is 1.30 bits per heavy atom. The lowest BCUT2D eigenvalue weighted by Gasteiger charge is -2.21. The van der Waals surface area contributed by atoms with Gasteiger partial charge in [0.1, 0.15) is 10.7 Å². The number of nitrogens with two attached hydrogens (primary N) is 1. The van der Waals surface area contributed by atoms with Crippen molar-refractivity contribution in [1.29, 1.82) is 0 Å². The van der Waals surface area contributed by atoms with Gasteiger partial charge in [-0.15, -0.1) is 0 Å². The highest BCUT2D eigenvalue weighted by molar-refractivity contribution is 7.89. The summed E-state index contributed by atoms with van der Waals surface area (Å²) in [6.45, 7) is 4.65. The SMILES string of the molecule is Cc1cc(F)c(S(=O)(=O)N2CCCC(C)CC2)cc1N. The van der Waals surface area contributed by atoms with E-state index in [-0.39, 0.29) is 4.90 Å². The standard InChI is InChI=1S/C14H21FN2O2S/c1-10-4-3-6-17(7-5-10)20(18,19)14-9-13(16)11(2)8-12(14)15/h8-10H,3-7,16H2,1-2H3. The van der Waals surface area contributed by atoms with Gasteiger partial charge in [0.15, 0.2) is 0 Å². The summed E-state index contributed by atoms with van der Waals surface area (Å²) < 4.78 is 40.5. The number of anilines is 1. The van der Waals surface area contributed by atoms with Crippen molar-refractivity contribution in [3.8, 4) is 0 Å². The Hall–Kier alpha value is -1.14. The van der Waals surface area contributed by atoms with Crippen LogP contribution in [0.1, 0.15) is 31.7 Å². The van der Waals surface area contributed by atoms with Crippen LogP contribution in [0.3, 0.4) is 0 Å². The molecule has 2 N–H and O–H groups in total. The molecule has 1 aromatic carbocycles. The smallest absolute Gasteiger partial charge is 0.246 e. The molecule has 1 aliphatic heterocycles. The zero-order chi connectivity index (χ0) is 14.9. The molecule has 0 spiro atoms. The minimum atomic E-state index is -3.80. The Morgan fingerprint density at radius 3 is 2.70 bits per heavy atom. The summed E-state index contributed by atoms with van der Waals surface area (Å²) >= 11 is 0. The first-order valence-electron chi connectivity index (χ1n) is 6.88. The van der Waals surface area contributed by atoms with Gasteiger partial charge in [-0.1, -0.05) is 6.92 Å². The molecule has 0 aromatic heterocycles. The summed E-state index contributed by atoms with van der Waals surface area (Å²) in [4.78, 5) is -0.310. The molecule has 0 amide bonds. The third-order valence-electron chi connectivity index (χ3n) is 3.91. The van der Waals surface area contributed by atoms with E-state index in [9.17, 15) is 12.8 Å². The topological polar surface area (TPSA) is 63.4 Å². The number of benzene rings is 1. The quantitative estimate of drug-likeness (QED) is 0.854. The van der Waals surface area contributed by atoms with Crippen molar-refractivity contribution in [3.05, 3.63) is 23.5 Å². The molecule has 0 saturated carbocycles. The monoisotopic (exact) mass is 300 g/mol. The molecule has 6 heteroatoms. The first-order chi connectivity index (χ1) is 9.32. The molecular formula is C14H21FN2O2S. The summed E-state index contributed by atoms with van der Waals surface area (Å²) in [5, 5.41) is 0. The molecule has 1 heterocycles. The zero-order valence-electron chi connectivity index (χ0n) is 11.9. The Bertz CT molecular complexity index is 601. The number of nitrogen functional groups attached to an aromatic ring is 1. The predicted molar refractivity (Wildman–Crippen MR) is 77.3 cm³/mol. The molecule has 2 rings (SSSR count). The number of rotatable bonds is 2. The van der Waals surface area contributed by atoms with Crippen LogP contribution in [-0.2, 0) is 10.0 Å². The van der Waals surface area contributed by atoms with Crippen LogP contribution in [0.4, 0.5) is 10.1 Å². The van der Waals surface area contributed by atoms with Gasteiger partial charge in [0, 0.05) is 18.8 Å². The van der Waals surface area contributed by atoms with Crippen molar-refractivity contribution < 1.29 is 12.8 Å². The maximum absolute atomic E-state index is 14.0. The van der Waals surface area contributed by atoms with E-state index in [1.54, 1.807) is 6.92 Å². The van der Waals surface area contributed by atoms with Crippen LogP contribution >= 0.6 is 0 Å². The van der Waals surface area contributed by atoms with Crippen molar-refractivity contribution in [2.24, 2.45) is 5.92 Å². The van der Waals surface area contributed by atoms with Gasteiger partial charge < -0.3 is 5.73 Å². The van der Waals surface area contributed by atoms with Gasteiger partial charge in [0.25, 0.3) is 0 Å². The lowest BCUT2D eigenvalue weighted by molar-refractivity contribution is 0.413. The number of sulfonamides is 1. The third-order valence-corrected chi connectivity index (χ3v) is 5.83. The third kappa shape index (κ3) is 2.96. The average Bonchev–Trinajstić information content (AvgIpc) is 2.59. The fourth-order valence-corrected chi connectivity index (χ4v) is 4.06. The minimum absolute atomic E-state index is 0.299. The number of halogens is 1. The molecule has 1 unspecified atom stereocenters. The van der Waals surface area contributed by atoms with Crippen molar-refractivity contribution in [1.82, 2.24) is 4.31 Å².